The third-order valence-electron chi connectivity index (χ3n) is 1.66. The number of oxime groups is 1. The molecule has 0 aliphatic rings. The molecule has 13 heavy (non-hydrogen) atoms. The van der Waals surface area contributed by atoms with Crippen LogP contribution in [0.4, 0.5) is 0 Å². The second kappa shape index (κ2) is 6.85. The van der Waals surface area contributed by atoms with Crippen molar-refractivity contribution in [2.75, 3.05) is 18.1 Å². The maximum absolute atomic E-state index is 11.0. The van der Waals surface area contributed by atoms with Gasteiger partial charge < -0.3 is 16.3 Å². The van der Waals surface area contributed by atoms with Gasteiger partial charge in [-0.3, -0.25) is 4.21 Å². The fourth-order valence-corrected chi connectivity index (χ4v) is 1.36. The first kappa shape index (κ1) is 12.4. The van der Waals surface area contributed by atoms with Gasteiger partial charge in [0.05, 0.1) is 6.04 Å². The molecule has 0 aromatic rings. The van der Waals surface area contributed by atoms with Gasteiger partial charge in [-0.05, 0) is 6.92 Å². The Morgan fingerprint density at radius 1 is 1.77 bits per heavy atom. The first-order valence-corrected chi connectivity index (χ1v) is 5.66. The average molecular weight is 207 g/mol. The fraction of sp³-hybridized carbons (Fsp3) is 0.857. The van der Waals surface area contributed by atoms with Gasteiger partial charge >= 0.3 is 0 Å². The second-order valence-electron chi connectivity index (χ2n) is 2.63. The predicted octanol–water partition coefficient (Wildman–Crippen LogP) is -0.520. The van der Waals surface area contributed by atoms with E-state index in [4.69, 9.17) is 10.9 Å². The maximum atomic E-state index is 11.0. The van der Waals surface area contributed by atoms with Crippen molar-refractivity contribution < 1.29 is 9.42 Å². The predicted molar refractivity (Wildman–Crippen MR) is 54.4 cm³/mol. The van der Waals surface area contributed by atoms with Gasteiger partial charge in [0, 0.05) is 28.9 Å². The fourth-order valence-electron chi connectivity index (χ4n) is 0.725. The molecule has 4 N–H and O–H groups in total. The molecule has 0 aliphatic heterocycles. The number of nitrogens with two attached hydrogens (primary N) is 1. The van der Waals surface area contributed by atoms with Gasteiger partial charge in [-0.15, -0.1) is 0 Å². The molecule has 78 valence electrons. The van der Waals surface area contributed by atoms with E-state index in [9.17, 15) is 4.21 Å². The lowest BCUT2D eigenvalue weighted by atomic mass is 10.3. The Hall–Kier alpha value is -0.620. The highest BCUT2D eigenvalue weighted by molar-refractivity contribution is 7.84. The summed E-state index contributed by atoms with van der Waals surface area (Å²) >= 11 is 0. The van der Waals surface area contributed by atoms with Crippen LogP contribution in [0.25, 0.3) is 0 Å². The average Bonchev–Trinajstić information content (AvgIpc) is 2.15. The summed E-state index contributed by atoms with van der Waals surface area (Å²) in [5.41, 5.74) is 5.33. The standard InChI is InChI=1S/C7H17N3O2S/c1-3-13(12)5-4-9-6(2)7(8)10-11/h6,9,11H,3-5H2,1-2H3,(H2,8,10). The van der Waals surface area contributed by atoms with E-state index in [2.05, 4.69) is 10.5 Å². The van der Waals surface area contributed by atoms with Crippen LogP contribution in [0, 0.1) is 0 Å². The van der Waals surface area contributed by atoms with Crippen molar-refractivity contribution >= 4 is 16.6 Å². The van der Waals surface area contributed by atoms with Gasteiger partial charge in [-0.2, -0.15) is 0 Å². The number of hydrogen-bond acceptors (Lipinski definition) is 4. The lowest BCUT2D eigenvalue weighted by Gasteiger charge is -2.10. The summed E-state index contributed by atoms with van der Waals surface area (Å²) in [4.78, 5) is 0. The second-order valence-corrected chi connectivity index (χ2v) is 4.50. The zero-order chi connectivity index (χ0) is 10.3. The third kappa shape index (κ3) is 5.59. The number of nitrogens with one attached hydrogen (secondary N) is 1. The molecule has 0 fully saturated rings. The molecule has 6 heteroatoms. The van der Waals surface area contributed by atoms with Gasteiger partial charge in [0.15, 0.2) is 5.84 Å². The first-order valence-electron chi connectivity index (χ1n) is 4.17. The van der Waals surface area contributed by atoms with Crippen molar-refractivity contribution in [2.45, 2.75) is 19.9 Å². The molecular formula is C7H17N3O2S. The molecular weight excluding hydrogens is 190 g/mol. The summed E-state index contributed by atoms with van der Waals surface area (Å²) in [5, 5.41) is 14.2. The number of amidine groups is 1. The highest BCUT2D eigenvalue weighted by atomic mass is 32.2. The van der Waals surface area contributed by atoms with Crippen molar-refractivity contribution in [1.82, 2.24) is 5.32 Å². The van der Waals surface area contributed by atoms with Crippen molar-refractivity contribution in [3.63, 3.8) is 0 Å². The molecule has 0 saturated heterocycles. The Balaban J connectivity index is 3.59. The van der Waals surface area contributed by atoms with Crippen LogP contribution in [0.1, 0.15) is 13.8 Å². The van der Waals surface area contributed by atoms with Crippen molar-refractivity contribution in [1.29, 1.82) is 0 Å². The van der Waals surface area contributed by atoms with E-state index in [1.165, 1.54) is 0 Å². The van der Waals surface area contributed by atoms with E-state index in [1.807, 2.05) is 6.92 Å². The van der Waals surface area contributed by atoms with Gasteiger partial charge in [0.1, 0.15) is 0 Å². The van der Waals surface area contributed by atoms with Crippen molar-refractivity contribution in [2.24, 2.45) is 10.9 Å². The van der Waals surface area contributed by atoms with Crippen LogP contribution in [0.3, 0.4) is 0 Å². The summed E-state index contributed by atoms with van der Waals surface area (Å²) in [6.07, 6.45) is 0. The molecule has 0 bridgehead atoms. The normalized spacial score (nSPS) is 16.9. The lowest BCUT2D eigenvalue weighted by Crippen LogP contribution is -2.40. The van der Waals surface area contributed by atoms with Gasteiger partial charge in [0.2, 0.25) is 0 Å². The quantitative estimate of drug-likeness (QED) is 0.237. The summed E-state index contributed by atoms with van der Waals surface area (Å²) < 4.78 is 11.0. The molecule has 0 aromatic heterocycles. The SMILES string of the molecule is CCS(=O)CCNC(C)C(N)=NO. The minimum Gasteiger partial charge on any atom is -0.409 e. The Morgan fingerprint density at radius 2 is 2.38 bits per heavy atom. The molecule has 2 unspecified atom stereocenters. The van der Waals surface area contributed by atoms with Crippen LogP contribution in [0.15, 0.2) is 5.16 Å². The molecule has 0 aromatic carbocycles. The smallest absolute Gasteiger partial charge is 0.156 e. The van der Waals surface area contributed by atoms with Gasteiger partial charge in [-0.1, -0.05) is 12.1 Å². The summed E-state index contributed by atoms with van der Waals surface area (Å²) in [7, 11) is -0.764. The minimum absolute atomic E-state index is 0.141. The molecule has 0 rings (SSSR count). The van der Waals surface area contributed by atoms with E-state index in [0.717, 1.165) is 0 Å². The van der Waals surface area contributed by atoms with E-state index < -0.39 is 10.8 Å². The zero-order valence-corrected chi connectivity index (χ0v) is 8.80. The maximum Gasteiger partial charge on any atom is 0.156 e. The van der Waals surface area contributed by atoms with Crippen molar-refractivity contribution in [3.05, 3.63) is 0 Å². The van der Waals surface area contributed by atoms with E-state index in [1.54, 1.807) is 6.92 Å². The van der Waals surface area contributed by atoms with E-state index >= 15 is 0 Å². The Bertz CT molecular complexity index is 196. The van der Waals surface area contributed by atoms with Gasteiger partial charge in [0.25, 0.3) is 0 Å². The number of hydrogen-bond donors (Lipinski definition) is 3. The summed E-state index contributed by atoms with van der Waals surface area (Å²) in [5.74, 6) is 1.40. The Labute approximate surface area is 80.8 Å². The molecule has 0 amide bonds. The molecule has 0 spiro atoms. The number of nitrogens with zero attached hydrogens (tertiary/aromatic N) is 1. The molecule has 0 saturated carbocycles. The van der Waals surface area contributed by atoms with E-state index in [-0.39, 0.29) is 11.9 Å². The number of rotatable bonds is 6. The largest absolute Gasteiger partial charge is 0.409 e. The molecule has 5 nitrogen and oxygen atoms in total. The Kier molecular flexibility index (Phi) is 6.52. The van der Waals surface area contributed by atoms with Gasteiger partial charge in [-0.25, -0.2) is 0 Å². The molecule has 0 radical (unpaired) electrons. The van der Waals surface area contributed by atoms with Crippen LogP contribution >= 0.6 is 0 Å². The first-order chi connectivity index (χ1) is 6.11. The van der Waals surface area contributed by atoms with Crippen LogP contribution in [0.5, 0.6) is 0 Å². The highest BCUT2D eigenvalue weighted by Crippen LogP contribution is 1.83. The minimum atomic E-state index is -0.764. The molecule has 0 heterocycles. The van der Waals surface area contributed by atoms with E-state index in [0.29, 0.717) is 18.1 Å². The monoisotopic (exact) mass is 207 g/mol. The van der Waals surface area contributed by atoms with Crippen LogP contribution in [0.2, 0.25) is 0 Å². The van der Waals surface area contributed by atoms with Crippen molar-refractivity contribution in [3.8, 4) is 0 Å². The van der Waals surface area contributed by atoms with Crippen LogP contribution < -0.4 is 11.1 Å². The summed E-state index contributed by atoms with van der Waals surface area (Å²) in [6.45, 7) is 4.27. The highest BCUT2D eigenvalue weighted by Gasteiger charge is 2.06. The van der Waals surface area contributed by atoms with Crippen LogP contribution in [-0.4, -0.2) is 39.3 Å². The summed E-state index contributed by atoms with van der Waals surface area (Å²) in [6, 6.07) is -0.182. The zero-order valence-electron chi connectivity index (χ0n) is 7.99. The Morgan fingerprint density at radius 3 is 2.85 bits per heavy atom. The molecule has 0 aliphatic carbocycles. The lowest BCUT2D eigenvalue weighted by molar-refractivity contribution is 0.315. The molecule has 2 atom stereocenters. The van der Waals surface area contributed by atoms with Crippen LogP contribution in [-0.2, 0) is 10.8 Å². The topological polar surface area (TPSA) is 87.7 Å². The third-order valence-corrected chi connectivity index (χ3v) is 2.96.